The van der Waals surface area contributed by atoms with Crippen molar-refractivity contribution in [2.75, 3.05) is 32.8 Å². The summed E-state index contributed by atoms with van der Waals surface area (Å²) in [7, 11) is 0. The fourth-order valence-electron chi connectivity index (χ4n) is 2.06. The molecule has 0 saturated carbocycles. The number of aliphatic carboxylic acids is 1. The molecule has 1 rings (SSSR count). The number of carbonyl (C=O) groups is 3. The highest BCUT2D eigenvalue weighted by Gasteiger charge is 2.32. The van der Waals surface area contributed by atoms with E-state index in [0.29, 0.717) is 19.7 Å². The first-order valence-electron chi connectivity index (χ1n) is 6.55. The first kappa shape index (κ1) is 16.4. The molecule has 3 N–H and O–H groups in total. The molecule has 114 valence electrons. The van der Waals surface area contributed by atoms with Crippen molar-refractivity contribution in [2.24, 2.45) is 0 Å². The fourth-order valence-corrected chi connectivity index (χ4v) is 2.06. The predicted molar refractivity (Wildman–Crippen MR) is 70.1 cm³/mol. The molecular weight excluding hydrogens is 266 g/mol. The lowest BCUT2D eigenvalue weighted by molar-refractivity contribution is -0.144. The van der Waals surface area contributed by atoms with Gasteiger partial charge in [0.1, 0.15) is 12.1 Å². The van der Waals surface area contributed by atoms with Gasteiger partial charge in [-0.1, -0.05) is 0 Å². The normalized spacial score (nSPS) is 21.0. The third-order valence-electron chi connectivity index (χ3n) is 2.99. The molecule has 2 atom stereocenters. The van der Waals surface area contributed by atoms with E-state index in [4.69, 9.17) is 9.84 Å². The minimum atomic E-state index is -1.12. The van der Waals surface area contributed by atoms with E-state index in [9.17, 15) is 14.4 Å². The van der Waals surface area contributed by atoms with E-state index in [1.54, 1.807) is 4.90 Å². The highest BCUT2D eigenvalue weighted by molar-refractivity contribution is 5.83. The van der Waals surface area contributed by atoms with Gasteiger partial charge in [0.25, 0.3) is 0 Å². The molecule has 0 aromatic heterocycles. The summed E-state index contributed by atoms with van der Waals surface area (Å²) in [6.45, 7) is 4.74. The first-order chi connectivity index (χ1) is 9.45. The second kappa shape index (κ2) is 7.81. The molecule has 1 aliphatic heterocycles. The van der Waals surface area contributed by atoms with Crippen LogP contribution in [-0.4, -0.2) is 72.7 Å². The number of carbonyl (C=O) groups excluding carboxylic acids is 2. The number of likely N-dealkylation sites (N-methyl/N-ethyl adjacent to an activating group) is 1. The van der Waals surface area contributed by atoms with Gasteiger partial charge < -0.3 is 20.5 Å². The predicted octanol–water partition coefficient (Wildman–Crippen LogP) is -1.59. The Morgan fingerprint density at radius 3 is 2.70 bits per heavy atom. The Bertz CT molecular complexity index is 374. The number of hydrogen-bond acceptors (Lipinski definition) is 5. The van der Waals surface area contributed by atoms with E-state index < -0.39 is 24.0 Å². The molecule has 0 spiro atoms. The second-order valence-electron chi connectivity index (χ2n) is 4.57. The molecule has 0 aliphatic carbocycles. The lowest BCUT2D eigenvalue weighted by Gasteiger charge is -2.35. The SMILES string of the molecule is CCNC(=O)C1COCCN1CC(NC(C)=O)C(=O)O. The lowest BCUT2D eigenvalue weighted by Crippen LogP contribution is -2.58. The van der Waals surface area contributed by atoms with Gasteiger partial charge in [-0.3, -0.25) is 14.5 Å². The van der Waals surface area contributed by atoms with Crippen LogP contribution < -0.4 is 10.6 Å². The topological polar surface area (TPSA) is 108 Å². The van der Waals surface area contributed by atoms with Crippen molar-refractivity contribution < 1.29 is 24.2 Å². The fraction of sp³-hybridized carbons (Fsp3) is 0.750. The van der Waals surface area contributed by atoms with Crippen molar-refractivity contribution in [1.29, 1.82) is 0 Å². The molecule has 0 bridgehead atoms. The maximum atomic E-state index is 11.9. The molecular formula is C12H21N3O5. The van der Waals surface area contributed by atoms with Crippen LogP contribution in [0.4, 0.5) is 0 Å². The van der Waals surface area contributed by atoms with Gasteiger partial charge >= 0.3 is 5.97 Å². The number of nitrogens with zero attached hydrogens (tertiary/aromatic N) is 1. The standard InChI is InChI=1S/C12H21N3O5/c1-3-13-11(17)10-7-20-5-4-15(10)6-9(12(18)19)14-8(2)16/h9-10H,3-7H2,1-2H3,(H,13,17)(H,14,16)(H,18,19). The number of carboxylic acid groups (broad SMARTS) is 1. The Kier molecular flexibility index (Phi) is 6.40. The molecule has 0 aromatic rings. The summed E-state index contributed by atoms with van der Waals surface area (Å²) in [5, 5.41) is 14.2. The summed E-state index contributed by atoms with van der Waals surface area (Å²) < 4.78 is 5.27. The maximum absolute atomic E-state index is 11.9. The summed E-state index contributed by atoms with van der Waals surface area (Å²) in [5.41, 5.74) is 0. The smallest absolute Gasteiger partial charge is 0.327 e. The Labute approximate surface area is 117 Å². The van der Waals surface area contributed by atoms with Crippen LogP contribution in [0.3, 0.4) is 0 Å². The average molecular weight is 287 g/mol. The third kappa shape index (κ3) is 4.78. The van der Waals surface area contributed by atoms with E-state index in [1.807, 2.05) is 6.92 Å². The number of ether oxygens (including phenoxy) is 1. The van der Waals surface area contributed by atoms with Crippen LogP contribution in [-0.2, 0) is 19.1 Å². The van der Waals surface area contributed by atoms with Crippen LogP contribution in [0.15, 0.2) is 0 Å². The van der Waals surface area contributed by atoms with Gasteiger partial charge in [0.2, 0.25) is 11.8 Å². The zero-order chi connectivity index (χ0) is 15.1. The Morgan fingerprint density at radius 2 is 2.15 bits per heavy atom. The number of nitrogens with one attached hydrogen (secondary N) is 2. The van der Waals surface area contributed by atoms with Crippen LogP contribution in [0.2, 0.25) is 0 Å². The van der Waals surface area contributed by atoms with Crippen molar-refractivity contribution in [3.05, 3.63) is 0 Å². The number of morpholine rings is 1. The van der Waals surface area contributed by atoms with Crippen molar-refractivity contribution in [1.82, 2.24) is 15.5 Å². The molecule has 1 aliphatic rings. The number of hydrogen-bond donors (Lipinski definition) is 3. The van der Waals surface area contributed by atoms with E-state index >= 15 is 0 Å². The van der Waals surface area contributed by atoms with Gasteiger partial charge in [0.05, 0.1) is 13.2 Å². The van der Waals surface area contributed by atoms with E-state index in [1.165, 1.54) is 6.92 Å². The lowest BCUT2D eigenvalue weighted by atomic mass is 10.1. The van der Waals surface area contributed by atoms with E-state index in [0.717, 1.165) is 0 Å². The molecule has 8 heteroatoms. The quantitative estimate of drug-likeness (QED) is 0.544. The van der Waals surface area contributed by atoms with Gasteiger partial charge in [0.15, 0.2) is 0 Å². The number of rotatable bonds is 6. The van der Waals surface area contributed by atoms with Gasteiger partial charge in [-0.05, 0) is 6.92 Å². The molecule has 1 fully saturated rings. The van der Waals surface area contributed by atoms with Crippen molar-refractivity contribution in [3.8, 4) is 0 Å². The largest absolute Gasteiger partial charge is 0.480 e. The van der Waals surface area contributed by atoms with Gasteiger partial charge in [-0.15, -0.1) is 0 Å². The Hall–Kier alpha value is -1.67. The van der Waals surface area contributed by atoms with Crippen LogP contribution >= 0.6 is 0 Å². The van der Waals surface area contributed by atoms with Gasteiger partial charge in [0, 0.05) is 26.6 Å². The van der Waals surface area contributed by atoms with Crippen molar-refractivity contribution in [2.45, 2.75) is 25.9 Å². The molecule has 1 saturated heterocycles. The molecule has 20 heavy (non-hydrogen) atoms. The van der Waals surface area contributed by atoms with Crippen molar-refractivity contribution >= 4 is 17.8 Å². The summed E-state index contributed by atoms with van der Waals surface area (Å²) in [6, 6.07) is -1.57. The van der Waals surface area contributed by atoms with Gasteiger partial charge in [-0.2, -0.15) is 0 Å². The minimum Gasteiger partial charge on any atom is -0.480 e. The highest BCUT2D eigenvalue weighted by Crippen LogP contribution is 2.08. The average Bonchev–Trinajstić information content (AvgIpc) is 2.38. The Balaban J connectivity index is 2.71. The first-order valence-corrected chi connectivity index (χ1v) is 6.55. The summed E-state index contributed by atoms with van der Waals surface area (Å²) in [4.78, 5) is 35.8. The summed E-state index contributed by atoms with van der Waals surface area (Å²) >= 11 is 0. The maximum Gasteiger partial charge on any atom is 0.327 e. The monoisotopic (exact) mass is 287 g/mol. The van der Waals surface area contributed by atoms with Crippen LogP contribution in [0.5, 0.6) is 0 Å². The molecule has 0 radical (unpaired) electrons. The summed E-state index contributed by atoms with van der Waals surface area (Å²) in [5.74, 6) is -1.74. The van der Waals surface area contributed by atoms with Crippen molar-refractivity contribution in [3.63, 3.8) is 0 Å². The zero-order valence-corrected chi connectivity index (χ0v) is 11.7. The molecule has 8 nitrogen and oxygen atoms in total. The zero-order valence-electron chi connectivity index (χ0n) is 11.7. The molecule has 2 amide bonds. The number of amides is 2. The highest BCUT2D eigenvalue weighted by atomic mass is 16.5. The molecule has 2 unspecified atom stereocenters. The van der Waals surface area contributed by atoms with E-state index in [2.05, 4.69) is 10.6 Å². The second-order valence-corrected chi connectivity index (χ2v) is 4.57. The molecule has 0 aromatic carbocycles. The van der Waals surface area contributed by atoms with Crippen LogP contribution in [0, 0.1) is 0 Å². The molecule has 1 heterocycles. The Morgan fingerprint density at radius 1 is 1.45 bits per heavy atom. The number of carboxylic acids is 1. The third-order valence-corrected chi connectivity index (χ3v) is 2.99. The van der Waals surface area contributed by atoms with Crippen LogP contribution in [0.25, 0.3) is 0 Å². The van der Waals surface area contributed by atoms with Crippen LogP contribution in [0.1, 0.15) is 13.8 Å². The summed E-state index contributed by atoms with van der Waals surface area (Å²) in [6.07, 6.45) is 0. The van der Waals surface area contributed by atoms with E-state index in [-0.39, 0.29) is 19.1 Å². The minimum absolute atomic E-state index is 0.0695. The van der Waals surface area contributed by atoms with Gasteiger partial charge in [-0.25, -0.2) is 4.79 Å².